The number of hydrogen-bond donors (Lipinski definition) is 1. The molecule has 3 aromatic rings. The normalized spacial score (nSPS) is 18.2. The van der Waals surface area contributed by atoms with E-state index in [0.29, 0.717) is 25.2 Å². The van der Waals surface area contributed by atoms with Crippen molar-refractivity contribution in [3.05, 3.63) is 83.8 Å². The Labute approximate surface area is 191 Å². The van der Waals surface area contributed by atoms with Crippen molar-refractivity contribution in [2.45, 2.75) is 12.3 Å². The van der Waals surface area contributed by atoms with Crippen LogP contribution >= 0.6 is 0 Å². The topological polar surface area (TPSA) is 78.4 Å². The van der Waals surface area contributed by atoms with Gasteiger partial charge in [-0.15, -0.1) is 5.10 Å². The molecule has 5 rings (SSSR count). The highest BCUT2D eigenvalue weighted by Gasteiger charge is 2.32. The molecular formula is C25H24FN5O2. The molecule has 0 bridgehead atoms. The Hall–Kier alpha value is -3.81. The third-order valence-corrected chi connectivity index (χ3v) is 6.35. The summed E-state index contributed by atoms with van der Waals surface area (Å²) < 4.78 is 13.1. The zero-order valence-electron chi connectivity index (χ0n) is 18.0. The molecule has 0 unspecified atom stereocenters. The van der Waals surface area contributed by atoms with Crippen LogP contribution in [0.5, 0.6) is 0 Å². The van der Waals surface area contributed by atoms with Gasteiger partial charge in [-0.3, -0.25) is 9.59 Å². The molecule has 2 aromatic carbocycles. The van der Waals surface area contributed by atoms with Gasteiger partial charge in [0.05, 0.1) is 5.92 Å². The number of anilines is 2. The van der Waals surface area contributed by atoms with Gasteiger partial charge in [0.15, 0.2) is 5.82 Å². The van der Waals surface area contributed by atoms with Gasteiger partial charge in [0, 0.05) is 49.5 Å². The van der Waals surface area contributed by atoms with Crippen molar-refractivity contribution in [2.75, 3.05) is 36.4 Å². The second kappa shape index (κ2) is 8.97. The van der Waals surface area contributed by atoms with Gasteiger partial charge in [0.25, 0.3) is 5.91 Å². The number of hydrogen-bond acceptors (Lipinski definition) is 5. The van der Waals surface area contributed by atoms with Crippen LogP contribution in [-0.2, 0) is 4.79 Å². The Bertz CT molecular complexity index is 1130. The van der Waals surface area contributed by atoms with Gasteiger partial charge in [0.2, 0.25) is 5.91 Å². The highest BCUT2D eigenvalue weighted by molar-refractivity contribution is 5.95. The Kier molecular flexibility index (Phi) is 5.73. The van der Waals surface area contributed by atoms with Crippen LogP contribution < -0.4 is 10.2 Å². The fraction of sp³-hybridized carbons (Fsp3) is 0.280. The van der Waals surface area contributed by atoms with Crippen LogP contribution in [-0.4, -0.2) is 53.1 Å². The minimum Gasteiger partial charge on any atom is -0.354 e. The first-order chi connectivity index (χ1) is 16.1. The van der Waals surface area contributed by atoms with Crippen LogP contribution in [0.15, 0.2) is 66.9 Å². The molecule has 2 fully saturated rings. The van der Waals surface area contributed by atoms with Gasteiger partial charge in [-0.1, -0.05) is 12.1 Å². The van der Waals surface area contributed by atoms with E-state index < -0.39 is 0 Å². The quantitative estimate of drug-likeness (QED) is 0.652. The Morgan fingerprint density at radius 2 is 1.73 bits per heavy atom. The summed E-state index contributed by atoms with van der Waals surface area (Å²) in [5, 5.41) is 11.0. The molecule has 1 atom stereocenters. The molecular weight excluding hydrogens is 421 g/mol. The molecule has 1 aromatic heterocycles. The maximum absolute atomic E-state index is 13.1. The van der Waals surface area contributed by atoms with E-state index in [4.69, 9.17) is 0 Å². The van der Waals surface area contributed by atoms with Gasteiger partial charge < -0.3 is 15.1 Å². The third-order valence-electron chi connectivity index (χ3n) is 6.35. The van der Waals surface area contributed by atoms with E-state index in [9.17, 15) is 14.0 Å². The number of rotatable bonds is 5. The average molecular weight is 445 g/mol. The van der Waals surface area contributed by atoms with Crippen molar-refractivity contribution < 1.29 is 14.0 Å². The standard InChI is InChI=1S/C25H24FN5O2/c26-21-7-3-18(4-8-21)25(33)31-15-20(16-31)17-5-9-22(10-6-17)28-24(32)19-11-13-30(14-19)23-2-1-12-27-29-23/h1-10,12,19-20H,11,13-16H2,(H,28,32)/t19-/m0/s1. The fourth-order valence-corrected chi connectivity index (χ4v) is 4.36. The zero-order valence-corrected chi connectivity index (χ0v) is 18.0. The number of carbonyl (C=O) groups is 2. The fourth-order valence-electron chi connectivity index (χ4n) is 4.36. The number of carbonyl (C=O) groups excluding carboxylic acids is 2. The third kappa shape index (κ3) is 4.55. The van der Waals surface area contributed by atoms with Gasteiger partial charge in [-0.2, -0.15) is 5.10 Å². The monoisotopic (exact) mass is 445 g/mol. The molecule has 2 saturated heterocycles. The van der Waals surface area contributed by atoms with Crippen LogP contribution in [0, 0.1) is 11.7 Å². The van der Waals surface area contributed by atoms with Crippen molar-refractivity contribution in [3.63, 3.8) is 0 Å². The predicted molar refractivity (Wildman–Crippen MR) is 122 cm³/mol. The lowest BCUT2D eigenvalue weighted by Crippen LogP contribution is -2.48. The molecule has 2 amide bonds. The molecule has 2 aliphatic rings. The summed E-state index contributed by atoms with van der Waals surface area (Å²) >= 11 is 0. The molecule has 0 radical (unpaired) electrons. The van der Waals surface area contributed by atoms with E-state index in [0.717, 1.165) is 30.0 Å². The van der Waals surface area contributed by atoms with Crippen LogP contribution in [0.25, 0.3) is 0 Å². The summed E-state index contributed by atoms with van der Waals surface area (Å²) in [6.07, 6.45) is 2.42. The molecule has 0 aliphatic carbocycles. The van der Waals surface area contributed by atoms with Gasteiger partial charge >= 0.3 is 0 Å². The van der Waals surface area contributed by atoms with Crippen molar-refractivity contribution in [1.29, 1.82) is 0 Å². The smallest absolute Gasteiger partial charge is 0.253 e. The lowest BCUT2D eigenvalue weighted by molar-refractivity contribution is -0.119. The van der Waals surface area contributed by atoms with E-state index in [1.807, 2.05) is 36.4 Å². The molecule has 7 nitrogen and oxygen atoms in total. The summed E-state index contributed by atoms with van der Waals surface area (Å²) in [5.74, 6) is 0.538. The molecule has 0 spiro atoms. The number of nitrogens with one attached hydrogen (secondary N) is 1. The number of nitrogens with zero attached hydrogens (tertiary/aromatic N) is 4. The summed E-state index contributed by atoms with van der Waals surface area (Å²) in [6.45, 7) is 2.66. The van der Waals surface area contributed by atoms with E-state index >= 15 is 0 Å². The first-order valence-corrected chi connectivity index (χ1v) is 11.0. The van der Waals surface area contributed by atoms with E-state index in [1.165, 1.54) is 24.3 Å². The lowest BCUT2D eigenvalue weighted by Gasteiger charge is -2.39. The second-order valence-corrected chi connectivity index (χ2v) is 8.54. The van der Waals surface area contributed by atoms with Crippen LogP contribution in [0.3, 0.4) is 0 Å². The van der Waals surface area contributed by atoms with Gasteiger partial charge in [0.1, 0.15) is 5.82 Å². The van der Waals surface area contributed by atoms with Gasteiger partial charge in [-0.25, -0.2) is 4.39 Å². The molecule has 168 valence electrons. The number of likely N-dealkylation sites (tertiary alicyclic amines) is 1. The molecule has 2 aliphatic heterocycles. The maximum atomic E-state index is 13.1. The first-order valence-electron chi connectivity index (χ1n) is 11.0. The minimum atomic E-state index is -0.351. The largest absolute Gasteiger partial charge is 0.354 e. The Morgan fingerprint density at radius 3 is 2.42 bits per heavy atom. The number of halogens is 1. The summed E-state index contributed by atoms with van der Waals surface area (Å²) in [6, 6.07) is 17.2. The number of aromatic nitrogens is 2. The number of amides is 2. The van der Waals surface area contributed by atoms with Gasteiger partial charge in [-0.05, 0) is 60.5 Å². The molecule has 3 heterocycles. The van der Waals surface area contributed by atoms with Crippen molar-refractivity contribution in [1.82, 2.24) is 15.1 Å². The van der Waals surface area contributed by atoms with Crippen molar-refractivity contribution in [2.24, 2.45) is 5.92 Å². The number of benzene rings is 2. The zero-order chi connectivity index (χ0) is 22.8. The SMILES string of the molecule is O=C(Nc1ccc(C2CN(C(=O)c3ccc(F)cc3)C2)cc1)[C@H]1CCN(c2cccnn2)C1. The Morgan fingerprint density at radius 1 is 0.970 bits per heavy atom. The second-order valence-electron chi connectivity index (χ2n) is 8.54. The van der Waals surface area contributed by atoms with Crippen LogP contribution in [0.4, 0.5) is 15.9 Å². The highest BCUT2D eigenvalue weighted by atomic mass is 19.1. The van der Waals surface area contributed by atoms with E-state index in [2.05, 4.69) is 20.4 Å². The van der Waals surface area contributed by atoms with E-state index in [-0.39, 0.29) is 29.5 Å². The first kappa shape index (κ1) is 21.1. The van der Waals surface area contributed by atoms with Crippen molar-refractivity contribution >= 4 is 23.3 Å². The maximum Gasteiger partial charge on any atom is 0.253 e. The summed E-state index contributed by atoms with van der Waals surface area (Å²) in [7, 11) is 0. The molecule has 8 heteroatoms. The average Bonchev–Trinajstić information content (AvgIpc) is 3.31. The molecule has 1 N–H and O–H groups in total. The van der Waals surface area contributed by atoms with Crippen LogP contribution in [0.1, 0.15) is 28.3 Å². The Balaban J connectivity index is 1.12. The molecule has 0 saturated carbocycles. The lowest BCUT2D eigenvalue weighted by atomic mass is 9.90. The summed E-state index contributed by atoms with van der Waals surface area (Å²) in [5.41, 5.74) is 2.39. The van der Waals surface area contributed by atoms with E-state index in [1.54, 1.807) is 11.1 Å². The molecule has 33 heavy (non-hydrogen) atoms. The van der Waals surface area contributed by atoms with Crippen LogP contribution in [0.2, 0.25) is 0 Å². The minimum absolute atomic E-state index is 0.00820. The highest BCUT2D eigenvalue weighted by Crippen LogP contribution is 2.29. The predicted octanol–water partition coefficient (Wildman–Crippen LogP) is 3.32. The van der Waals surface area contributed by atoms with Crippen molar-refractivity contribution in [3.8, 4) is 0 Å². The summed E-state index contributed by atoms with van der Waals surface area (Å²) in [4.78, 5) is 29.0.